The molecule has 3 aliphatic rings. The first-order valence-electron chi connectivity index (χ1n) is 10.7. The molecule has 2 aliphatic heterocycles. The number of aryl methyl sites for hydroxylation is 1. The van der Waals surface area contributed by atoms with E-state index in [2.05, 4.69) is 20.4 Å². The van der Waals surface area contributed by atoms with Crippen molar-refractivity contribution in [3.63, 3.8) is 0 Å². The third-order valence-electron chi connectivity index (χ3n) is 6.15. The molecule has 0 radical (unpaired) electrons. The van der Waals surface area contributed by atoms with Crippen LogP contribution in [-0.2, 0) is 9.47 Å². The third kappa shape index (κ3) is 4.39. The van der Waals surface area contributed by atoms with Crippen molar-refractivity contribution >= 4 is 16.8 Å². The van der Waals surface area contributed by atoms with Crippen molar-refractivity contribution in [3.05, 3.63) is 35.0 Å². The van der Waals surface area contributed by atoms with E-state index >= 15 is 0 Å². The molecule has 2 saturated heterocycles. The average Bonchev–Trinajstić information content (AvgIpc) is 3.36. The number of benzene rings is 1. The molecule has 3 heterocycles. The number of carbonyl (C=O) groups excluding carboxylic acids is 1. The Kier molecular flexibility index (Phi) is 5.26. The van der Waals surface area contributed by atoms with Crippen LogP contribution in [0.2, 0.25) is 0 Å². The van der Waals surface area contributed by atoms with Crippen LogP contribution in [-0.4, -0.2) is 55.4 Å². The Bertz CT molecular complexity index is 1050. The van der Waals surface area contributed by atoms with Crippen LogP contribution in [0, 0.1) is 6.92 Å². The van der Waals surface area contributed by atoms with E-state index in [-0.39, 0.29) is 28.9 Å². The maximum Gasteiger partial charge on any atom is 0.573 e. The van der Waals surface area contributed by atoms with Crippen molar-refractivity contribution < 1.29 is 32.2 Å². The number of alkyl halides is 3. The summed E-state index contributed by atoms with van der Waals surface area (Å²) in [4.78, 5) is 17.0. The summed E-state index contributed by atoms with van der Waals surface area (Å²) < 4.78 is 54.7. The van der Waals surface area contributed by atoms with E-state index < -0.39 is 18.1 Å². The molecule has 7 nitrogen and oxygen atoms in total. The molecule has 172 valence electrons. The van der Waals surface area contributed by atoms with Crippen molar-refractivity contribution in [2.75, 3.05) is 26.3 Å². The molecule has 32 heavy (non-hydrogen) atoms. The van der Waals surface area contributed by atoms with Crippen LogP contribution in [0.15, 0.2) is 18.2 Å². The Morgan fingerprint density at radius 1 is 1.28 bits per heavy atom. The molecular formula is C22H24F3N3O4. The Labute approximate surface area is 182 Å². The minimum atomic E-state index is -4.85. The van der Waals surface area contributed by atoms with E-state index in [1.807, 2.05) is 6.07 Å². The van der Waals surface area contributed by atoms with Gasteiger partial charge >= 0.3 is 6.36 Å². The highest BCUT2D eigenvalue weighted by Gasteiger charge is 2.44. The van der Waals surface area contributed by atoms with Gasteiger partial charge in [0, 0.05) is 24.4 Å². The number of pyridine rings is 1. The number of rotatable bonds is 5. The number of halogens is 3. The maximum atomic E-state index is 13.0. The molecule has 1 unspecified atom stereocenters. The van der Waals surface area contributed by atoms with Crippen LogP contribution in [0.4, 0.5) is 13.2 Å². The topological polar surface area (TPSA) is 81.7 Å². The lowest BCUT2D eigenvalue weighted by atomic mass is 10.0. The zero-order valence-electron chi connectivity index (χ0n) is 17.6. The first-order valence-corrected chi connectivity index (χ1v) is 10.7. The normalized spacial score (nSPS) is 22.6. The van der Waals surface area contributed by atoms with Crippen molar-refractivity contribution in [1.29, 1.82) is 0 Å². The second-order valence-electron chi connectivity index (χ2n) is 8.66. The second kappa shape index (κ2) is 7.86. The van der Waals surface area contributed by atoms with E-state index in [1.165, 1.54) is 6.07 Å². The van der Waals surface area contributed by atoms with Gasteiger partial charge in [0.25, 0.3) is 5.91 Å². The molecule has 1 aliphatic carbocycles. The van der Waals surface area contributed by atoms with Crippen LogP contribution < -0.4 is 15.4 Å². The molecule has 1 atom stereocenters. The van der Waals surface area contributed by atoms with Gasteiger partial charge in [-0.2, -0.15) is 0 Å². The minimum Gasteiger partial charge on any atom is -0.403 e. The van der Waals surface area contributed by atoms with Gasteiger partial charge < -0.3 is 24.8 Å². The zero-order valence-corrected chi connectivity index (χ0v) is 17.6. The largest absolute Gasteiger partial charge is 0.573 e. The number of hydrogen-bond acceptors (Lipinski definition) is 6. The van der Waals surface area contributed by atoms with Gasteiger partial charge in [-0.25, -0.2) is 4.98 Å². The molecule has 2 N–H and O–H groups in total. The highest BCUT2D eigenvalue weighted by Crippen LogP contribution is 2.44. The van der Waals surface area contributed by atoms with Gasteiger partial charge in [-0.3, -0.25) is 4.79 Å². The standard InChI is InChI=1S/C22H24F3N3O4/c1-12-6-17(20(29)26-10-15-9-21(11-27-15)30-4-5-31-21)28-19-16(12)7-14(13-2-3-13)8-18(19)32-22(23,24)25/h6-8,13,15,27H,2-5,9-11H2,1H3,(H,26,29). The molecular weight excluding hydrogens is 427 g/mol. The number of hydrogen-bond donors (Lipinski definition) is 2. The lowest BCUT2D eigenvalue weighted by Crippen LogP contribution is -2.37. The molecule has 1 spiro atoms. The Hall–Kier alpha value is -2.43. The number of nitrogens with one attached hydrogen (secondary N) is 2. The maximum absolute atomic E-state index is 13.0. The predicted molar refractivity (Wildman–Crippen MR) is 109 cm³/mol. The van der Waals surface area contributed by atoms with Crippen molar-refractivity contribution in [2.24, 2.45) is 0 Å². The number of fused-ring (bicyclic) bond motifs is 1. The summed E-state index contributed by atoms with van der Waals surface area (Å²) in [6.45, 7) is 3.71. The van der Waals surface area contributed by atoms with Gasteiger partial charge in [-0.05, 0) is 55.0 Å². The molecule has 2 aromatic rings. The van der Waals surface area contributed by atoms with E-state index in [9.17, 15) is 18.0 Å². The van der Waals surface area contributed by atoms with E-state index in [1.54, 1.807) is 13.0 Å². The predicted octanol–water partition coefficient (Wildman–Crippen LogP) is 3.15. The van der Waals surface area contributed by atoms with Crippen molar-refractivity contribution in [3.8, 4) is 5.75 Å². The van der Waals surface area contributed by atoms with Crippen LogP contribution >= 0.6 is 0 Å². The van der Waals surface area contributed by atoms with Crippen LogP contribution in [0.1, 0.15) is 46.8 Å². The number of nitrogens with zero attached hydrogens (tertiary/aromatic N) is 1. The summed E-state index contributed by atoms with van der Waals surface area (Å²) >= 11 is 0. The summed E-state index contributed by atoms with van der Waals surface area (Å²) in [6.07, 6.45) is -2.37. The summed E-state index contributed by atoms with van der Waals surface area (Å²) in [5.41, 5.74) is 1.54. The van der Waals surface area contributed by atoms with E-state index in [4.69, 9.17) is 9.47 Å². The monoisotopic (exact) mass is 451 g/mol. The molecule has 1 aromatic heterocycles. The van der Waals surface area contributed by atoms with E-state index in [0.29, 0.717) is 43.7 Å². The Morgan fingerprint density at radius 2 is 2.03 bits per heavy atom. The number of aromatic nitrogens is 1. The first kappa shape index (κ1) is 21.4. The molecule has 10 heteroatoms. The van der Waals surface area contributed by atoms with E-state index in [0.717, 1.165) is 18.4 Å². The second-order valence-corrected chi connectivity index (χ2v) is 8.66. The van der Waals surface area contributed by atoms with Crippen LogP contribution in [0.3, 0.4) is 0 Å². The van der Waals surface area contributed by atoms with Crippen LogP contribution in [0.5, 0.6) is 5.75 Å². The molecule has 1 saturated carbocycles. The summed E-state index contributed by atoms with van der Waals surface area (Å²) in [5, 5.41) is 6.63. The quantitative estimate of drug-likeness (QED) is 0.727. The van der Waals surface area contributed by atoms with Crippen molar-refractivity contribution in [1.82, 2.24) is 15.6 Å². The Balaban J connectivity index is 1.37. The molecule has 5 rings (SSSR count). The SMILES string of the molecule is Cc1cc(C(=O)NCC2CC3(CN2)OCCO3)nc2c(OC(F)(F)F)cc(C3CC3)cc12. The summed E-state index contributed by atoms with van der Waals surface area (Å²) in [5.74, 6) is -1.22. The molecule has 3 fully saturated rings. The Morgan fingerprint density at radius 3 is 2.72 bits per heavy atom. The number of ether oxygens (including phenoxy) is 3. The lowest BCUT2D eigenvalue weighted by molar-refractivity contribution is -0.274. The smallest absolute Gasteiger partial charge is 0.403 e. The van der Waals surface area contributed by atoms with Gasteiger partial charge in [0.2, 0.25) is 0 Å². The average molecular weight is 451 g/mol. The molecule has 1 amide bonds. The third-order valence-corrected chi connectivity index (χ3v) is 6.15. The summed E-state index contributed by atoms with van der Waals surface area (Å²) in [7, 11) is 0. The summed E-state index contributed by atoms with van der Waals surface area (Å²) in [6, 6.07) is 4.80. The molecule has 1 aromatic carbocycles. The highest BCUT2D eigenvalue weighted by atomic mass is 19.4. The zero-order chi connectivity index (χ0) is 22.5. The fourth-order valence-electron chi connectivity index (χ4n) is 4.44. The van der Waals surface area contributed by atoms with Gasteiger partial charge in [-0.1, -0.05) is 0 Å². The van der Waals surface area contributed by atoms with Gasteiger partial charge in [0.1, 0.15) is 11.2 Å². The highest BCUT2D eigenvalue weighted by molar-refractivity contribution is 5.97. The fraction of sp³-hybridized carbons (Fsp3) is 0.545. The first-order chi connectivity index (χ1) is 15.2. The number of carbonyl (C=O) groups is 1. The van der Waals surface area contributed by atoms with Crippen molar-refractivity contribution in [2.45, 2.75) is 50.3 Å². The number of amides is 1. The van der Waals surface area contributed by atoms with Gasteiger partial charge in [0.05, 0.1) is 19.8 Å². The fourth-order valence-corrected chi connectivity index (χ4v) is 4.44. The minimum absolute atomic E-state index is 0.0302. The van der Waals surface area contributed by atoms with Crippen LogP contribution in [0.25, 0.3) is 10.9 Å². The van der Waals surface area contributed by atoms with Gasteiger partial charge in [-0.15, -0.1) is 13.2 Å². The molecule has 0 bridgehead atoms. The van der Waals surface area contributed by atoms with Gasteiger partial charge in [0.15, 0.2) is 11.5 Å². The lowest BCUT2D eigenvalue weighted by Gasteiger charge is -2.20.